The van der Waals surface area contributed by atoms with Crippen LogP contribution >= 0.6 is 23.2 Å². The standard InChI is InChI=1S/C19H15Cl2N3/c1-22-19-23-10-12-8-15(11-6-7-16(20)17(21)9-11)13-4-2-3-5-14(13)18(12)24-19/h2-7,9-10,15H,8H2,1H3,(H,22,23,24)/t15-/m1/s1. The van der Waals surface area contributed by atoms with Crippen LogP contribution in [0.3, 0.4) is 0 Å². The Bertz CT molecular complexity index is 924. The lowest BCUT2D eigenvalue weighted by Gasteiger charge is -2.27. The first-order chi connectivity index (χ1) is 11.7. The quantitative estimate of drug-likeness (QED) is 0.688. The molecule has 1 N–H and O–H groups in total. The second-order valence-electron chi connectivity index (χ2n) is 5.83. The van der Waals surface area contributed by atoms with Crippen LogP contribution in [-0.2, 0) is 6.42 Å². The van der Waals surface area contributed by atoms with E-state index >= 15 is 0 Å². The summed E-state index contributed by atoms with van der Waals surface area (Å²) in [6, 6.07) is 14.2. The number of nitrogens with one attached hydrogen (secondary N) is 1. The number of nitrogens with zero attached hydrogens (tertiary/aromatic N) is 2. The molecule has 4 rings (SSSR count). The Balaban J connectivity index is 1.88. The Hall–Kier alpha value is -2.10. The number of benzene rings is 2. The molecule has 24 heavy (non-hydrogen) atoms. The van der Waals surface area contributed by atoms with Gasteiger partial charge in [0.05, 0.1) is 15.7 Å². The molecular weight excluding hydrogens is 341 g/mol. The fraction of sp³-hybridized carbons (Fsp3) is 0.158. The van der Waals surface area contributed by atoms with Crippen molar-refractivity contribution >= 4 is 29.2 Å². The van der Waals surface area contributed by atoms with Crippen molar-refractivity contribution < 1.29 is 0 Å². The molecule has 0 saturated carbocycles. The maximum Gasteiger partial charge on any atom is 0.222 e. The predicted molar refractivity (Wildman–Crippen MR) is 99.0 cm³/mol. The molecule has 3 aromatic rings. The molecule has 120 valence electrons. The van der Waals surface area contributed by atoms with Gasteiger partial charge in [0.1, 0.15) is 0 Å². The van der Waals surface area contributed by atoms with Crippen molar-refractivity contribution in [3.05, 3.63) is 75.4 Å². The molecule has 3 nitrogen and oxygen atoms in total. The summed E-state index contributed by atoms with van der Waals surface area (Å²) >= 11 is 12.3. The Morgan fingerprint density at radius 1 is 1.08 bits per heavy atom. The summed E-state index contributed by atoms with van der Waals surface area (Å²) in [7, 11) is 1.83. The summed E-state index contributed by atoms with van der Waals surface area (Å²) in [4.78, 5) is 9.04. The summed E-state index contributed by atoms with van der Waals surface area (Å²) in [5, 5.41) is 4.17. The third kappa shape index (κ3) is 2.54. The molecule has 1 aliphatic carbocycles. The number of hydrogen-bond donors (Lipinski definition) is 1. The first-order valence-corrected chi connectivity index (χ1v) is 8.51. The summed E-state index contributed by atoms with van der Waals surface area (Å²) in [6.07, 6.45) is 2.75. The van der Waals surface area contributed by atoms with E-state index in [1.54, 1.807) is 0 Å². The van der Waals surface area contributed by atoms with Gasteiger partial charge in [0, 0.05) is 24.7 Å². The van der Waals surface area contributed by atoms with Gasteiger partial charge in [0.15, 0.2) is 0 Å². The van der Waals surface area contributed by atoms with Gasteiger partial charge in [-0.2, -0.15) is 0 Å². The summed E-state index contributed by atoms with van der Waals surface area (Å²) in [5.41, 5.74) is 5.70. The van der Waals surface area contributed by atoms with Gasteiger partial charge in [-0.1, -0.05) is 53.5 Å². The Kier molecular flexibility index (Phi) is 3.91. The van der Waals surface area contributed by atoms with E-state index in [1.807, 2.05) is 37.5 Å². The van der Waals surface area contributed by atoms with Gasteiger partial charge in [-0.3, -0.25) is 0 Å². The van der Waals surface area contributed by atoms with Gasteiger partial charge in [0.25, 0.3) is 0 Å². The monoisotopic (exact) mass is 355 g/mol. The van der Waals surface area contributed by atoms with Crippen LogP contribution in [0.2, 0.25) is 10.0 Å². The SMILES string of the molecule is CNc1ncc2c(n1)-c1ccccc1[C@@H](c1ccc(Cl)c(Cl)c1)C2. The minimum atomic E-state index is 0.215. The molecule has 0 fully saturated rings. The molecule has 1 aliphatic rings. The van der Waals surface area contributed by atoms with E-state index in [0.29, 0.717) is 16.0 Å². The van der Waals surface area contributed by atoms with Crippen molar-refractivity contribution in [1.29, 1.82) is 0 Å². The van der Waals surface area contributed by atoms with Gasteiger partial charge in [-0.25, -0.2) is 9.97 Å². The second-order valence-corrected chi connectivity index (χ2v) is 6.65. The highest BCUT2D eigenvalue weighted by atomic mass is 35.5. The molecule has 1 heterocycles. The molecule has 5 heteroatoms. The molecular formula is C19H15Cl2N3. The van der Waals surface area contributed by atoms with E-state index in [9.17, 15) is 0 Å². The maximum atomic E-state index is 6.24. The predicted octanol–water partition coefficient (Wildman–Crippen LogP) is 5.18. The third-order valence-corrected chi connectivity index (χ3v) is 5.19. The average Bonchev–Trinajstić information content (AvgIpc) is 2.63. The number of anilines is 1. The first-order valence-electron chi connectivity index (χ1n) is 7.75. The van der Waals surface area contributed by atoms with Crippen molar-refractivity contribution in [3.63, 3.8) is 0 Å². The van der Waals surface area contributed by atoms with Crippen LogP contribution in [0.1, 0.15) is 22.6 Å². The van der Waals surface area contributed by atoms with Crippen molar-refractivity contribution in [2.75, 3.05) is 12.4 Å². The number of aromatic nitrogens is 2. The molecule has 0 aliphatic heterocycles. The third-order valence-electron chi connectivity index (χ3n) is 4.45. The van der Waals surface area contributed by atoms with E-state index in [2.05, 4.69) is 33.5 Å². The summed E-state index contributed by atoms with van der Waals surface area (Å²) in [6.45, 7) is 0. The van der Waals surface area contributed by atoms with Crippen LogP contribution < -0.4 is 5.32 Å². The molecule has 0 amide bonds. The molecule has 1 atom stereocenters. The van der Waals surface area contributed by atoms with Crippen LogP contribution in [0.4, 0.5) is 5.95 Å². The smallest absolute Gasteiger partial charge is 0.222 e. The Morgan fingerprint density at radius 2 is 1.92 bits per heavy atom. The van der Waals surface area contributed by atoms with Crippen LogP contribution in [0.25, 0.3) is 11.3 Å². The topological polar surface area (TPSA) is 37.8 Å². The van der Waals surface area contributed by atoms with Crippen LogP contribution in [0, 0.1) is 0 Å². The molecule has 0 bridgehead atoms. The number of rotatable bonds is 2. The van der Waals surface area contributed by atoms with Gasteiger partial charge >= 0.3 is 0 Å². The van der Waals surface area contributed by atoms with Crippen LogP contribution in [0.5, 0.6) is 0 Å². The highest BCUT2D eigenvalue weighted by Gasteiger charge is 2.27. The highest BCUT2D eigenvalue weighted by Crippen LogP contribution is 2.42. The number of halogens is 2. The van der Waals surface area contributed by atoms with Crippen molar-refractivity contribution in [3.8, 4) is 11.3 Å². The highest BCUT2D eigenvalue weighted by molar-refractivity contribution is 6.42. The lowest BCUT2D eigenvalue weighted by Crippen LogP contribution is -2.15. The second kappa shape index (κ2) is 6.08. The minimum absolute atomic E-state index is 0.215. The van der Waals surface area contributed by atoms with E-state index < -0.39 is 0 Å². The zero-order valence-electron chi connectivity index (χ0n) is 13.1. The lowest BCUT2D eigenvalue weighted by molar-refractivity contribution is 0.782. The van der Waals surface area contributed by atoms with E-state index in [0.717, 1.165) is 28.8 Å². The number of fused-ring (bicyclic) bond motifs is 3. The zero-order valence-corrected chi connectivity index (χ0v) is 14.6. The number of hydrogen-bond acceptors (Lipinski definition) is 3. The molecule has 2 aromatic carbocycles. The van der Waals surface area contributed by atoms with Crippen molar-refractivity contribution in [2.45, 2.75) is 12.3 Å². The largest absolute Gasteiger partial charge is 0.357 e. The summed E-state index contributed by atoms with van der Waals surface area (Å²) < 4.78 is 0. The molecule has 0 radical (unpaired) electrons. The van der Waals surface area contributed by atoms with Gasteiger partial charge in [-0.05, 0) is 35.2 Å². The Labute approximate surface area is 150 Å². The minimum Gasteiger partial charge on any atom is -0.357 e. The first kappa shape index (κ1) is 15.4. The van der Waals surface area contributed by atoms with Gasteiger partial charge < -0.3 is 5.32 Å². The van der Waals surface area contributed by atoms with E-state index in [1.165, 1.54) is 5.56 Å². The van der Waals surface area contributed by atoms with Gasteiger partial charge in [-0.15, -0.1) is 0 Å². The molecule has 0 unspecified atom stereocenters. The normalized spacial score (nSPS) is 15.5. The molecule has 1 aromatic heterocycles. The average molecular weight is 356 g/mol. The van der Waals surface area contributed by atoms with Crippen molar-refractivity contribution in [2.24, 2.45) is 0 Å². The van der Waals surface area contributed by atoms with E-state index in [-0.39, 0.29) is 5.92 Å². The summed E-state index contributed by atoms with van der Waals surface area (Å²) in [5.74, 6) is 0.851. The van der Waals surface area contributed by atoms with E-state index in [4.69, 9.17) is 23.2 Å². The van der Waals surface area contributed by atoms with Crippen molar-refractivity contribution in [1.82, 2.24) is 9.97 Å². The fourth-order valence-corrected chi connectivity index (χ4v) is 3.59. The van der Waals surface area contributed by atoms with Crippen LogP contribution in [-0.4, -0.2) is 17.0 Å². The lowest BCUT2D eigenvalue weighted by atomic mass is 9.78. The van der Waals surface area contributed by atoms with Crippen LogP contribution in [0.15, 0.2) is 48.7 Å². The maximum absolute atomic E-state index is 6.24. The van der Waals surface area contributed by atoms with Gasteiger partial charge in [0.2, 0.25) is 5.95 Å². The zero-order chi connectivity index (χ0) is 16.7. The fourth-order valence-electron chi connectivity index (χ4n) is 3.28. The molecule has 0 saturated heterocycles. The molecule has 0 spiro atoms. The Morgan fingerprint density at radius 3 is 2.71 bits per heavy atom.